The molecule has 4 rings (SSSR count). The van der Waals surface area contributed by atoms with E-state index in [4.69, 9.17) is 4.42 Å². The Morgan fingerprint density at radius 2 is 1.75 bits per heavy atom. The van der Waals surface area contributed by atoms with Crippen LogP contribution in [-0.2, 0) is 16.1 Å². The van der Waals surface area contributed by atoms with Crippen LogP contribution < -0.4 is 0 Å². The third-order valence-corrected chi connectivity index (χ3v) is 5.15. The highest BCUT2D eigenvalue weighted by molar-refractivity contribution is 9.10. The summed E-state index contributed by atoms with van der Waals surface area (Å²) in [5.41, 5.74) is 0.771. The highest BCUT2D eigenvalue weighted by atomic mass is 79.9. The summed E-state index contributed by atoms with van der Waals surface area (Å²) in [4.78, 5) is 26.2. The number of benzene rings is 1. The summed E-state index contributed by atoms with van der Waals surface area (Å²) in [6, 6.07) is 7.50. The number of hydrogen-bond acceptors (Lipinski definition) is 5. The van der Waals surface area contributed by atoms with Gasteiger partial charge >= 0.3 is 0 Å². The number of allylic oxidation sites excluding steroid dienone is 2. The van der Waals surface area contributed by atoms with E-state index < -0.39 is 0 Å². The van der Waals surface area contributed by atoms with E-state index in [0.29, 0.717) is 18.7 Å². The molecular formula is C17H14BrN3O3. The van der Waals surface area contributed by atoms with Crippen LogP contribution in [0.3, 0.4) is 0 Å². The van der Waals surface area contributed by atoms with Crippen LogP contribution in [0.15, 0.2) is 45.3 Å². The molecule has 1 aliphatic carbocycles. The largest absolute Gasteiger partial charge is 0.419 e. The van der Waals surface area contributed by atoms with Crippen molar-refractivity contribution < 1.29 is 14.0 Å². The Morgan fingerprint density at radius 3 is 2.42 bits per heavy atom. The molecule has 0 radical (unpaired) electrons. The molecule has 1 aliphatic heterocycles. The van der Waals surface area contributed by atoms with Gasteiger partial charge in [0.05, 0.1) is 17.4 Å². The zero-order chi connectivity index (χ0) is 16.7. The Labute approximate surface area is 146 Å². The Balaban J connectivity index is 1.56. The second-order valence-corrected chi connectivity index (χ2v) is 6.75. The number of halogens is 1. The second-order valence-electron chi connectivity index (χ2n) is 5.90. The maximum atomic E-state index is 12.5. The van der Waals surface area contributed by atoms with Gasteiger partial charge in [0.2, 0.25) is 23.6 Å². The van der Waals surface area contributed by atoms with Gasteiger partial charge in [-0.1, -0.05) is 24.3 Å². The van der Waals surface area contributed by atoms with Gasteiger partial charge in [-0.25, -0.2) is 0 Å². The summed E-state index contributed by atoms with van der Waals surface area (Å²) in [6.07, 6.45) is 5.18. The number of imide groups is 1. The Kier molecular flexibility index (Phi) is 3.80. The van der Waals surface area contributed by atoms with Crippen molar-refractivity contribution >= 4 is 27.7 Å². The summed E-state index contributed by atoms with van der Waals surface area (Å²) in [7, 11) is 0. The number of fused-ring (bicyclic) bond motifs is 1. The Hall–Kier alpha value is -2.28. The third kappa shape index (κ3) is 2.49. The number of carbonyl (C=O) groups excluding carboxylic acids is 2. The molecule has 1 aromatic carbocycles. The fourth-order valence-electron chi connectivity index (χ4n) is 3.22. The van der Waals surface area contributed by atoms with E-state index in [1.807, 2.05) is 36.4 Å². The van der Waals surface area contributed by atoms with Crippen molar-refractivity contribution in [1.82, 2.24) is 15.1 Å². The van der Waals surface area contributed by atoms with Gasteiger partial charge in [0.25, 0.3) is 0 Å². The smallest absolute Gasteiger partial charge is 0.248 e. The lowest BCUT2D eigenvalue weighted by Crippen LogP contribution is -2.30. The van der Waals surface area contributed by atoms with Gasteiger partial charge in [0.1, 0.15) is 6.54 Å². The van der Waals surface area contributed by atoms with E-state index in [2.05, 4.69) is 26.1 Å². The SMILES string of the molecule is O=C1[C@H]2CC=CC[C@H]2C(=O)N1Cc1nnc(-c2ccccc2Br)o1. The molecule has 122 valence electrons. The Bertz CT molecular complexity index is 819. The van der Waals surface area contributed by atoms with E-state index in [0.717, 1.165) is 10.0 Å². The highest BCUT2D eigenvalue weighted by Crippen LogP contribution is 2.36. The van der Waals surface area contributed by atoms with Crippen LogP contribution in [0.25, 0.3) is 11.5 Å². The molecule has 0 N–H and O–H groups in total. The number of hydrogen-bond donors (Lipinski definition) is 0. The normalized spacial score (nSPS) is 23.0. The quantitative estimate of drug-likeness (QED) is 0.597. The first-order valence-electron chi connectivity index (χ1n) is 7.72. The second kappa shape index (κ2) is 5.98. The van der Waals surface area contributed by atoms with Crippen LogP contribution in [0.4, 0.5) is 0 Å². The molecule has 0 saturated carbocycles. The molecule has 2 amide bonds. The monoisotopic (exact) mass is 387 g/mol. The van der Waals surface area contributed by atoms with Crippen LogP contribution in [0.5, 0.6) is 0 Å². The van der Waals surface area contributed by atoms with Crippen LogP contribution in [0.1, 0.15) is 18.7 Å². The predicted octanol–water partition coefficient (Wildman–Crippen LogP) is 2.95. The van der Waals surface area contributed by atoms with Crippen LogP contribution in [0, 0.1) is 11.8 Å². The average Bonchev–Trinajstić information content (AvgIpc) is 3.15. The molecule has 1 saturated heterocycles. The molecule has 1 fully saturated rings. The van der Waals surface area contributed by atoms with E-state index in [1.165, 1.54) is 4.90 Å². The molecule has 0 bridgehead atoms. The maximum absolute atomic E-state index is 12.5. The lowest BCUT2D eigenvalue weighted by Gasteiger charge is -2.14. The number of likely N-dealkylation sites (tertiary alicyclic amines) is 1. The number of nitrogens with zero attached hydrogens (tertiary/aromatic N) is 3. The summed E-state index contributed by atoms with van der Waals surface area (Å²) in [6.45, 7) is 0.0299. The first-order chi connectivity index (χ1) is 11.6. The van der Waals surface area contributed by atoms with Crippen molar-refractivity contribution in [1.29, 1.82) is 0 Å². The molecular weight excluding hydrogens is 374 g/mol. The molecule has 2 atom stereocenters. The number of rotatable bonds is 3. The number of amides is 2. The molecule has 0 spiro atoms. The predicted molar refractivity (Wildman–Crippen MR) is 88.3 cm³/mol. The highest BCUT2D eigenvalue weighted by Gasteiger charge is 2.47. The summed E-state index contributed by atoms with van der Waals surface area (Å²) < 4.78 is 6.49. The minimum atomic E-state index is -0.242. The van der Waals surface area contributed by atoms with Crippen LogP contribution in [0.2, 0.25) is 0 Å². The van der Waals surface area contributed by atoms with E-state index >= 15 is 0 Å². The molecule has 0 unspecified atom stereocenters. The van der Waals surface area contributed by atoms with Gasteiger partial charge in [-0.2, -0.15) is 0 Å². The molecule has 7 heteroatoms. The standard InChI is InChI=1S/C17H14BrN3O3/c18-13-8-4-3-7-12(13)15-20-19-14(24-15)9-21-16(22)10-5-1-2-6-11(10)17(21)23/h1-4,7-8,10-11H,5-6,9H2/t10-,11+. The molecule has 1 aromatic heterocycles. The zero-order valence-corrected chi connectivity index (χ0v) is 14.3. The maximum Gasteiger partial charge on any atom is 0.248 e. The van der Waals surface area contributed by atoms with Gasteiger partial charge in [0.15, 0.2) is 0 Å². The van der Waals surface area contributed by atoms with Crippen molar-refractivity contribution in [2.45, 2.75) is 19.4 Å². The number of carbonyl (C=O) groups is 2. The van der Waals surface area contributed by atoms with E-state index in [9.17, 15) is 9.59 Å². The lowest BCUT2D eigenvalue weighted by molar-refractivity contribution is -0.140. The van der Waals surface area contributed by atoms with Crippen molar-refractivity contribution in [2.24, 2.45) is 11.8 Å². The first-order valence-corrected chi connectivity index (χ1v) is 8.52. The fourth-order valence-corrected chi connectivity index (χ4v) is 3.68. The average molecular weight is 388 g/mol. The first kappa shape index (κ1) is 15.3. The van der Waals surface area contributed by atoms with Gasteiger partial charge in [-0.3, -0.25) is 14.5 Å². The van der Waals surface area contributed by atoms with Crippen LogP contribution in [-0.4, -0.2) is 26.9 Å². The Morgan fingerprint density at radius 1 is 1.08 bits per heavy atom. The minimum absolute atomic E-state index is 0.0299. The van der Waals surface area contributed by atoms with Gasteiger partial charge in [0, 0.05) is 4.47 Å². The van der Waals surface area contributed by atoms with Crippen LogP contribution >= 0.6 is 15.9 Å². The van der Waals surface area contributed by atoms with Gasteiger partial charge in [-0.05, 0) is 40.9 Å². The molecule has 2 aliphatic rings. The van der Waals surface area contributed by atoms with Gasteiger partial charge < -0.3 is 4.42 Å². The lowest BCUT2D eigenvalue weighted by atomic mass is 9.85. The zero-order valence-electron chi connectivity index (χ0n) is 12.7. The fraction of sp³-hybridized carbons (Fsp3) is 0.294. The topological polar surface area (TPSA) is 76.3 Å². The molecule has 24 heavy (non-hydrogen) atoms. The van der Waals surface area contributed by atoms with Crippen molar-refractivity contribution in [3.63, 3.8) is 0 Å². The van der Waals surface area contributed by atoms with Gasteiger partial charge in [-0.15, -0.1) is 10.2 Å². The van der Waals surface area contributed by atoms with E-state index in [1.54, 1.807) is 0 Å². The summed E-state index contributed by atoms with van der Waals surface area (Å²) in [5, 5.41) is 8.01. The van der Waals surface area contributed by atoms with E-state index in [-0.39, 0.29) is 36.1 Å². The van der Waals surface area contributed by atoms with Crippen molar-refractivity contribution in [3.8, 4) is 11.5 Å². The molecule has 2 heterocycles. The summed E-state index contributed by atoms with van der Waals surface area (Å²) in [5.74, 6) is -0.156. The van der Waals surface area contributed by atoms with Crippen molar-refractivity contribution in [2.75, 3.05) is 0 Å². The third-order valence-electron chi connectivity index (χ3n) is 4.46. The summed E-state index contributed by atoms with van der Waals surface area (Å²) >= 11 is 3.44. The molecule has 2 aromatic rings. The number of aromatic nitrogens is 2. The molecule has 6 nitrogen and oxygen atoms in total. The van der Waals surface area contributed by atoms with Crippen molar-refractivity contribution in [3.05, 3.63) is 46.8 Å². The minimum Gasteiger partial charge on any atom is -0.419 e.